The molecule has 0 bridgehead atoms. The summed E-state index contributed by atoms with van der Waals surface area (Å²) in [6, 6.07) is 9.45. The highest BCUT2D eigenvalue weighted by Crippen LogP contribution is 2.29. The van der Waals surface area contributed by atoms with Crippen LogP contribution in [-0.4, -0.2) is 59.1 Å². The van der Waals surface area contributed by atoms with Gasteiger partial charge in [0, 0.05) is 30.5 Å². The Balaban J connectivity index is 1.71. The number of imidazole rings is 1. The molecule has 0 aliphatic carbocycles. The highest BCUT2D eigenvalue weighted by Gasteiger charge is 2.18. The largest absolute Gasteiger partial charge is 0.480 e. The molecule has 0 saturated heterocycles. The van der Waals surface area contributed by atoms with Gasteiger partial charge in [-0.1, -0.05) is 6.07 Å². The zero-order valence-electron chi connectivity index (χ0n) is 16.8. The summed E-state index contributed by atoms with van der Waals surface area (Å²) in [5, 5.41) is 9.96. The summed E-state index contributed by atoms with van der Waals surface area (Å²) >= 11 is 0. The second-order valence-corrected chi connectivity index (χ2v) is 7.14. The molecule has 0 spiro atoms. The van der Waals surface area contributed by atoms with E-state index in [2.05, 4.69) is 24.9 Å². The van der Waals surface area contributed by atoms with Gasteiger partial charge in [0.2, 0.25) is 0 Å². The highest BCUT2D eigenvalue weighted by molar-refractivity contribution is 5.94. The van der Waals surface area contributed by atoms with E-state index in [0.717, 1.165) is 16.6 Å². The third kappa shape index (κ3) is 3.23. The summed E-state index contributed by atoms with van der Waals surface area (Å²) in [6.45, 7) is 1.76. The minimum absolute atomic E-state index is 0.154. The lowest BCUT2D eigenvalue weighted by Gasteiger charge is -2.16. The Morgan fingerprint density at radius 2 is 2.03 bits per heavy atom. The van der Waals surface area contributed by atoms with E-state index in [1.807, 2.05) is 48.0 Å². The molecular formula is C21H18N8O2. The average Bonchev–Trinajstić information content (AvgIpc) is 3.39. The topological polar surface area (TPSA) is 126 Å². The number of rotatable bonds is 5. The van der Waals surface area contributed by atoms with Crippen molar-refractivity contribution in [1.29, 1.82) is 0 Å². The summed E-state index contributed by atoms with van der Waals surface area (Å²) in [7, 11) is 1.70. The molecular weight excluding hydrogens is 396 g/mol. The first-order valence-electron chi connectivity index (χ1n) is 9.56. The first-order valence-corrected chi connectivity index (χ1v) is 9.56. The minimum atomic E-state index is -0.925. The number of carboxylic acids is 1. The van der Waals surface area contributed by atoms with Gasteiger partial charge in [-0.05, 0) is 31.2 Å². The Labute approximate surface area is 176 Å². The van der Waals surface area contributed by atoms with Gasteiger partial charge in [0.05, 0.1) is 11.8 Å². The van der Waals surface area contributed by atoms with E-state index in [1.54, 1.807) is 24.5 Å². The molecule has 0 aromatic carbocycles. The number of carbonyl (C=O) groups is 1. The van der Waals surface area contributed by atoms with Crippen LogP contribution in [0.25, 0.3) is 39.4 Å². The molecule has 0 saturated carbocycles. The predicted octanol–water partition coefficient (Wildman–Crippen LogP) is 2.58. The molecule has 31 heavy (non-hydrogen) atoms. The Morgan fingerprint density at radius 1 is 1.16 bits per heavy atom. The van der Waals surface area contributed by atoms with E-state index >= 15 is 0 Å². The van der Waals surface area contributed by atoms with E-state index in [9.17, 15) is 4.79 Å². The van der Waals surface area contributed by atoms with Crippen LogP contribution in [0.2, 0.25) is 0 Å². The molecule has 5 aromatic heterocycles. The highest BCUT2D eigenvalue weighted by atomic mass is 16.4. The second kappa shape index (κ2) is 7.17. The number of anilines is 1. The standard InChI is InChI=1S/C21H18N8O2/c1-12-4-3-5-14(25-12)18-26-19-17(23-11-24-19)21(27-18)29-9-7-13-15(29)6-8-22-20(13)28(2)10-16(30)31/h3-9,11H,10H2,1-2H3,(H,30,31)(H,23,24,26,27). The minimum Gasteiger partial charge on any atom is -0.480 e. The van der Waals surface area contributed by atoms with Gasteiger partial charge in [0.1, 0.15) is 23.6 Å². The molecule has 10 nitrogen and oxygen atoms in total. The van der Waals surface area contributed by atoms with Crippen LogP contribution in [-0.2, 0) is 4.79 Å². The van der Waals surface area contributed by atoms with Crippen molar-refractivity contribution in [3.63, 3.8) is 0 Å². The molecule has 2 N–H and O–H groups in total. The number of carboxylic acid groups (broad SMARTS) is 1. The van der Waals surface area contributed by atoms with Crippen LogP contribution in [0.3, 0.4) is 0 Å². The van der Waals surface area contributed by atoms with E-state index in [0.29, 0.717) is 34.3 Å². The number of aryl methyl sites for hydroxylation is 1. The molecule has 0 radical (unpaired) electrons. The molecule has 5 heterocycles. The fourth-order valence-electron chi connectivity index (χ4n) is 3.59. The molecule has 5 rings (SSSR count). The number of hydrogen-bond donors (Lipinski definition) is 2. The molecule has 10 heteroatoms. The van der Waals surface area contributed by atoms with Crippen molar-refractivity contribution in [2.75, 3.05) is 18.5 Å². The Bertz CT molecular complexity index is 1440. The van der Waals surface area contributed by atoms with Crippen molar-refractivity contribution in [1.82, 2.24) is 34.5 Å². The maximum absolute atomic E-state index is 11.2. The van der Waals surface area contributed by atoms with Crippen LogP contribution in [0.4, 0.5) is 5.82 Å². The van der Waals surface area contributed by atoms with Crippen LogP contribution in [0.15, 0.2) is 49.1 Å². The van der Waals surface area contributed by atoms with E-state index in [-0.39, 0.29) is 6.54 Å². The summed E-state index contributed by atoms with van der Waals surface area (Å²) in [6.07, 6.45) is 5.11. The zero-order chi connectivity index (χ0) is 21.5. The third-order valence-electron chi connectivity index (χ3n) is 4.94. The van der Waals surface area contributed by atoms with E-state index in [4.69, 9.17) is 10.1 Å². The van der Waals surface area contributed by atoms with Gasteiger partial charge in [-0.15, -0.1) is 0 Å². The van der Waals surface area contributed by atoms with Gasteiger partial charge in [0.25, 0.3) is 0 Å². The van der Waals surface area contributed by atoms with Gasteiger partial charge in [-0.25, -0.2) is 24.9 Å². The smallest absolute Gasteiger partial charge is 0.323 e. The number of H-pyrrole nitrogens is 1. The summed E-state index contributed by atoms with van der Waals surface area (Å²) in [5.41, 5.74) is 3.58. The number of aliphatic carboxylic acids is 1. The number of fused-ring (bicyclic) bond motifs is 2. The Morgan fingerprint density at radius 3 is 2.84 bits per heavy atom. The quantitative estimate of drug-likeness (QED) is 0.449. The number of likely N-dealkylation sites (N-methyl/N-ethyl adjacent to an activating group) is 1. The zero-order valence-corrected chi connectivity index (χ0v) is 16.8. The molecule has 0 aliphatic heterocycles. The molecule has 0 amide bonds. The Hall–Kier alpha value is -4.34. The third-order valence-corrected chi connectivity index (χ3v) is 4.94. The maximum atomic E-state index is 11.2. The molecule has 0 atom stereocenters. The normalized spacial score (nSPS) is 11.3. The SMILES string of the molecule is Cc1cccc(-c2nc(-n3ccc4c(N(C)CC(=O)O)nccc43)c3[nH]cnc3n2)n1. The molecule has 0 unspecified atom stereocenters. The first-order chi connectivity index (χ1) is 15.0. The van der Waals surface area contributed by atoms with Crippen molar-refractivity contribution < 1.29 is 9.90 Å². The van der Waals surface area contributed by atoms with E-state index in [1.165, 1.54) is 0 Å². The average molecular weight is 414 g/mol. The van der Waals surface area contributed by atoms with Gasteiger partial charge >= 0.3 is 5.97 Å². The molecule has 5 aromatic rings. The fraction of sp³-hybridized carbons (Fsp3) is 0.143. The van der Waals surface area contributed by atoms with E-state index < -0.39 is 5.97 Å². The monoisotopic (exact) mass is 414 g/mol. The van der Waals surface area contributed by atoms with Crippen molar-refractivity contribution in [2.24, 2.45) is 0 Å². The lowest BCUT2D eigenvalue weighted by molar-refractivity contribution is -0.135. The first kappa shape index (κ1) is 18.7. The lowest BCUT2D eigenvalue weighted by atomic mass is 10.3. The molecule has 0 aliphatic rings. The number of pyridine rings is 2. The maximum Gasteiger partial charge on any atom is 0.323 e. The Kier molecular flexibility index (Phi) is 4.32. The number of nitrogens with one attached hydrogen (secondary N) is 1. The van der Waals surface area contributed by atoms with Crippen LogP contribution in [0.1, 0.15) is 5.69 Å². The summed E-state index contributed by atoms with van der Waals surface area (Å²) in [4.78, 5) is 38.5. The van der Waals surface area contributed by atoms with Crippen molar-refractivity contribution in [2.45, 2.75) is 6.92 Å². The predicted molar refractivity (Wildman–Crippen MR) is 115 cm³/mol. The number of hydrogen-bond acceptors (Lipinski definition) is 7. The second-order valence-electron chi connectivity index (χ2n) is 7.14. The van der Waals surface area contributed by atoms with Gasteiger partial charge in [0.15, 0.2) is 17.3 Å². The van der Waals surface area contributed by atoms with Gasteiger partial charge in [-0.2, -0.15) is 0 Å². The molecule has 154 valence electrons. The number of aromatic nitrogens is 7. The van der Waals surface area contributed by atoms with Crippen LogP contribution in [0.5, 0.6) is 0 Å². The van der Waals surface area contributed by atoms with Crippen molar-refractivity contribution in [3.8, 4) is 17.3 Å². The number of aromatic amines is 1. The van der Waals surface area contributed by atoms with Crippen molar-refractivity contribution in [3.05, 3.63) is 54.7 Å². The summed E-state index contributed by atoms with van der Waals surface area (Å²) < 4.78 is 1.91. The lowest BCUT2D eigenvalue weighted by Crippen LogP contribution is -2.26. The number of nitrogens with zero attached hydrogens (tertiary/aromatic N) is 7. The van der Waals surface area contributed by atoms with Crippen LogP contribution >= 0.6 is 0 Å². The van der Waals surface area contributed by atoms with Gasteiger partial charge < -0.3 is 15.0 Å². The fourth-order valence-corrected chi connectivity index (χ4v) is 3.59. The molecule has 0 fully saturated rings. The van der Waals surface area contributed by atoms with Crippen LogP contribution < -0.4 is 4.90 Å². The van der Waals surface area contributed by atoms with Crippen molar-refractivity contribution >= 4 is 33.9 Å². The van der Waals surface area contributed by atoms with Gasteiger partial charge in [-0.3, -0.25) is 9.36 Å². The van der Waals surface area contributed by atoms with Crippen LogP contribution in [0, 0.1) is 6.92 Å². The summed E-state index contributed by atoms with van der Waals surface area (Å²) in [5.74, 6) is 0.742.